The lowest BCUT2D eigenvalue weighted by atomic mass is 10.1. The molecule has 0 aliphatic rings. The van der Waals surface area contributed by atoms with E-state index in [2.05, 4.69) is 26.1 Å². The quantitative estimate of drug-likeness (QED) is 0.650. The maximum absolute atomic E-state index is 9.50. The van der Waals surface area contributed by atoms with Gasteiger partial charge in [-0.15, -0.1) is 0 Å². The molecular formula is C10H23NO. The Morgan fingerprint density at radius 1 is 1.25 bits per heavy atom. The summed E-state index contributed by atoms with van der Waals surface area (Å²) in [5.41, 5.74) is 0. The van der Waals surface area contributed by atoms with Crippen molar-refractivity contribution in [3.8, 4) is 0 Å². The number of hydrogen-bond acceptors (Lipinski definition) is 1. The van der Waals surface area contributed by atoms with Crippen LogP contribution >= 0.6 is 0 Å². The number of nitrogens with one attached hydrogen (secondary N) is 1. The molecule has 74 valence electrons. The molecule has 0 radical (unpaired) electrons. The van der Waals surface area contributed by atoms with Crippen molar-refractivity contribution in [1.82, 2.24) is 5.32 Å². The van der Waals surface area contributed by atoms with Crippen molar-refractivity contribution < 1.29 is 4.79 Å². The second kappa shape index (κ2) is 10.5. The van der Waals surface area contributed by atoms with Crippen LogP contribution in [0.15, 0.2) is 0 Å². The van der Waals surface area contributed by atoms with Gasteiger partial charge >= 0.3 is 0 Å². The van der Waals surface area contributed by atoms with E-state index >= 15 is 0 Å². The van der Waals surface area contributed by atoms with Gasteiger partial charge < -0.3 is 5.32 Å². The zero-order valence-electron chi connectivity index (χ0n) is 9.05. The smallest absolute Gasteiger partial charge is 0.207 e. The molecule has 0 aliphatic heterocycles. The minimum absolute atomic E-state index is 0.280. The molecule has 0 heterocycles. The van der Waals surface area contributed by atoms with Crippen LogP contribution in [0.3, 0.4) is 0 Å². The molecule has 12 heavy (non-hydrogen) atoms. The molecule has 0 rings (SSSR count). The second-order valence-electron chi connectivity index (χ2n) is 3.62. The summed E-state index contributed by atoms with van der Waals surface area (Å²) < 4.78 is 0. The van der Waals surface area contributed by atoms with Crippen LogP contribution in [0.2, 0.25) is 0 Å². The summed E-state index contributed by atoms with van der Waals surface area (Å²) in [5, 5.41) is 2.53. The monoisotopic (exact) mass is 173 g/mol. The van der Waals surface area contributed by atoms with Crippen molar-refractivity contribution in [3.63, 3.8) is 0 Å². The van der Waals surface area contributed by atoms with Crippen LogP contribution in [0.4, 0.5) is 0 Å². The van der Waals surface area contributed by atoms with Gasteiger partial charge in [0.15, 0.2) is 0 Å². The van der Waals surface area contributed by atoms with E-state index in [1.165, 1.54) is 12.8 Å². The Bertz CT molecular complexity index is 89.8. The minimum atomic E-state index is 0.280. The molecule has 0 saturated heterocycles. The van der Waals surface area contributed by atoms with Gasteiger partial charge in [0.25, 0.3) is 0 Å². The molecule has 0 atom stereocenters. The highest BCUT2D eigenvalue weighted by molar-refractivity contribution is 5.46. The predicted molar refractivity (Wildman–Crippen MR) is 54.1 cm³/mol. The van der Waals surface area contributed by atoms with E-state index in [1.54, 1.807) is 0 Å². The van der Waals surface area contributed by atoms with Gasteiger partial charge in [0, 0.05) is 6.04 Å². The molecule has 1 amide bonds. The topological polar surface area (TPSA) is 29.1 Å². The minimum Gasteiger partial charge on any atom is -0.357 e. The van der Waals surface area contributed by atoms with Crippen LogP contribution in [-0.4, -0.2) is 12.5 Å². The summed E-state index contributed by atoms with van der Waals surface area (Å²) in [6, 6.07) is 0.280. The summed E-state index contributed by atoms with van der Waals surface area (Å²) in [7, 11) is 0. The van der Waals surface area contributed by atoms with Gasteiger partial charge in [0.1, 0.15) is 0 Å². The summed E-state index contributed by atoms with van der Waals surface area (Å²) in [6.07, 6.45) is 3.41. The zero-order chi connectivity index (χ0) is 9.98. The highest BCUT2D eigenvalue weighted by Crippen LogP contribution is 2.00. The van der Waals surface area contributed by atoms with Crippen LogP contribution in [0.5, 0.6) is 0 Å². The van der Waals surface area contributed by atoms with Crippen molar-refractivity contribution in [2.75, 3.05) is 0 Å². The molecule has 0 saturated carbocycles. The number of carbonyl (C=O) groups is 1. The van der Waals surface area contributed by atoms with Crippen molar-refractivity contribution >= 4 is 6.41 Å². The molecular weight excluding hydrogens is 150 g/mol. The number of rotatable bonds is 4. The van der Waals surface area contributed by atoms with Gasteiger partial charge in [-0.05, 0) is 19.8 Å². The van der Waals surface area contributed by atoms with Crippen molar-refractivity contribution in [1.29, 1.82) is 0 Å². The summed E-state index contributed by atoms with van der Waals surface area (Å²) in [4.78, 5) is 9.50. The van der Waals surface area contributed by atoms with Crippen molar-refractivity contribution in [3.05, 3.63) is 0 Å². The standard InChI is InChI=1S/C6H14.C4H9NO/c1-4-5-6(2)3;1-4(2)5-3-6/h6H,4-5H2,1-3H3;3-4H,1-2H3,(H,5,6). The van der Waals surface area contributed by atoms with E-state index in [0.717, 1.165) is 5.92 Å². The van der Waals surface area contributed by atoms with Crippen LogP contribution in [0, 0.1) is 5.92 Å². The Hall–Kier alpha value is -0.530. The number of carbonyl (C=O) groups excluding carboxylic acids is 1. The van der Waals surface area contributed by atoms with E-state index in [9.17, 15) is 4.79 Å². The Balaban J connectivity index is 0. The Morgan fingerprint density at radius 3 is 1.75 bits per heavy atom. The maximum atomic E-state index is 9.50. The molecule has 0 aromatic heterocycles. The lowest BCUT2D eigenvalue weighted by Crippen LogP contribution is -2.19. The van der Waals surface area contributed by atoms with Crippen molar-refractivity contribution in [2.45, 2.75) is 53.5 Å². The molecule has 0 spiro atoms. The van der Waals surface area contributed by atoms with Crippen molar-refractivity contribution in [2.24, 2.45) is 5.92 Å². The fourth-order valence-electron chi connectivity index (χ4n) is 0.713. The highest BCUT2D eigenvalue weighted by atomic mass is 16.1. The third kappa shape index (κ3) is 22.7. The lowest BCUT2D eigenvalue weighted by Gasteiger charge is -1.96. The summed E-state index contributed by atoms with van der Waals surface area (Å²) >= 11 is 0. The number of hydrogen-bond donors (Lipinski definition) is 1. The highest BCUT2D eigenvalue weighted by Gasteiger charge is 1.85. The first-order valence-electron chi connectivity index (χ1n) is 4.74. The van der Waals surface area contributed by atoms with E-state index in [0.29, 0.717) is 6.41 Å². The lowest BCUT2D eigenvalue weighted by molar-refractivity contribution is -0.109. The largest absolute Gasteiger partial charge is 0.357 e. The molecule has 0 bridgehead atoms. The van der Waals surface area contributed by atoms with Gasteiger partial charge in [-0.25, -0.2) is 0 Å². The van der Waals surface area contributed by atoms with Crippen LogP contribution in [0.1, 0.15) is 47.5 Å². The third-order valence-electron chi connectivity index (χ3n) is 1.27. The first-order valence-corrected chi connectivity index (χ1v) is 4.74. The van der Waals surface area contributed by atoms with Crippen LogP contribution in [0.25, 0.3) is 0 Å². The first kappa shape index (κ1) is 14.0. The summed E-state index contributed by atoms with van der Waals surface area (Å²) in [6.45, 7) is 10.6. The van der Waals surface area contributed by atoms with Gasteiger partial charge in [-0.2, -0.15) is 0 Å². The molecule has 0 aromatic rings. The maximum Gasteiger partial charge on any atom is 0.207 e. The normalized spacial score (nSPS) is 9.25. The van der Waals surface area contributed by atoms with Gasteiger partial charge in [-0.3, -0.25) is 4.79 Å². The van der Waals surface area contributed by atoms with Gasteiger partial charge in [0.2, 0.25) is 6.41 Å². The first-order chi connectivity index (χ1) is 5.54. The van der Waals surface area contributed by atoms with Gasteiger partial charge in [0.05, 0.1) is 0 Å². The Morgan fingerprint density at radius 2 is 1.75 bits per heavy atom. The Kier molecular flexibility index (Phi) is 12.2. The Labute approximate surface area is 76.7 Å². The van der Waals surface area contributed by atoms with Gasteiger partial charge in [-0.1, -0.05) is 33.6 Å². The van der Waals surface area contributed by atoms with Crippen LogP contribution in [-0.2, 0) is 4.79 Å². The van der Waals surface area contributed by atoms with E-state index < -0.39 is 0 Å². The molecule has 0 unspecified atom stereocenters. The number of amides is 1. The molecule has 0 fully saturated rings. The molecule has 0 aromatic carbocycles. The second-order valence-corrected chi connectivity index (χ2v) is 3.62. The summed E-state index contributed by atoms with van der Waals surface area (Å²) in [5.74, 6) is 0.898. The van der Waals surface area contributed by atoms with E-state index in [-0.39, 0.29) is 6.04 Å². The average Bonchev–Trinajstić information content (AvgIpc) is 1.87. The molecule has 2 heteroatoms. The van der Waals surface area contributed by atoms with E-state index in [4.69, 9.17) is 0 Å². The molecule has 1 N–H and O–H groups in total. The fraction of sp³-hybridized carbons (Fsp3) is 0.900. The predicted octanol–water partition coefficient (Wildman–Crippen LogP) is 2.58. The fourth-order valence-corrected chi connectivity index (χ4v) is 0.713. The van der Waals surface area contributed by atoms with Crippen LogP contribution < -0.4 is 5.32 Å². The molecule has 0 aliphatic carbocycles. The zero-order valence-corrected chi connectivity index (χ0v) is 9.05. The average molecular weight is 173 g/mol. The SMILES string of the molecule is CC(C)NC=O.CCCC(C)C. The third-order valence-corrected chi connectivity index (χ3v) is 1.27. The molecule has 2 nitrogen and oxygen atoms in total. The van der Waals surface area contributed by atoms with E-state index in [1.807, 2.05) is 13.8 Å².